The van der Waals surface area contributed by atoms with Crippen LogP contribution in [-0.2, 0) is 9.47 Å². The van der Waals surface area contributed by atoms with Crippen molar-refractivity contribution < 1.29 is 19.0 Å². The zero-order valence-corrected chi connectivity index (χ0v) is 14.7. The molecular formula is C19H29NO4. The Morgan fingerprint density at radius 1 is 1.12 bits per heavy atom. The van der Waals surface area contributed by atoms with Gasteiger partial charge in [-0.05, 0) is 25.0 Å². The van der Waals surface area contributed by atoms with Gasteiger partial charge in [0, 0.05) is 19.6 Å². The highest BCUT2D eigenvalue weighted by atomic mass is 16.5. The quantitative estimate of drug-likeness (QED) is 0.486. The Balaban J connectivity index is 1.74. The molecule has 0 amide bonds. The van der Waals surface area contributed by atoms with Gasteiger partial charge in [-0.15, -0.1) is 0 Å². The van der Waals surface area contributed by atoms with E-state index in [4.69, 9.17) is 14.2 Å². The summed E-state index contributed by atoms with van der Waals surface area (Å²) in [5, 5.41) is 0. The van der Waals surface area contributed by atoms with E-state index in [-0.39, 0.29) is 5.97 Å². The van der Waals surface area contributed by atoms with Crippen LogP contribution in [0.2, 0.25) is 0 Å². The highest BCUT2D eigenvalue weighted by molar-refractivity contribution is 5.92. The number of para-hydroxylation sites is 1. The van der Waals surface area contributed by atoms with Gasteiger partial charge in [-0.1, -0.05) is 31.9 Å². The van der Waals surface area contributed by atoms with Crippen molar-refractivity contribution in [2.45, 2.75) is 32.6 Å². The molecule has 0 N–H and O–H groups in total. The number of unbranched alkanes of at least 4 members (excludes halogenated alkanes) is 2. The third-order valence-corrected chi connectivity index (χ3v) is 4.07. The van der Waals surface area contributed by atoms with E-state index in [0.717, 1.165) is 58.5 Å². The summed E-state index contributed by atoms with van der Waals surface area (Å²) in [5.41, 5.74) is 0.514. The molecule has 0 saturated carbocycles. The minimum absolute atomic E-state index is 0.296. The van der Waals surface area contributed by atoms with E-state index in [2.05, 4.69) is 11.8 Å². The van der Waals surface area contributed by atoms with Gasteiger partial charge in [0.1, 0.15) is 11.3 Å². The van der Waals surface area contributed by atoms with E-state index in [1.165, 1.54) is 0 Å². The number of nitrogens with zero attached hydrogens (tertiary/aromatic N) is 1. The van der Waals surface area contributed by atoms with E-state index in [0.29, 0.717) is 24.5 Å². The van der Waals surface area contributed by atoms with Crippen molar-refractivity contribution in [3.63, 3.8) is 0 Å². The van der Waals surface area contributed by atoms with Crippen LogP contribution in [-0.4, -0.2) is 56.9 Å². The Kier molecular flexibility index (Phi) is 8.63. The lowest BCUT2D eigenvalue weighted by atomic mass is 10.2. The van der Waals surface area contributed by atoms with Crippen molar-refractivity contribution >= 4 is 5.97 Å². The zero-order valence-electron chi connectivity index (χ0n) is 14.7. The van der Waals surface area contributed by atoms with Crippen LogP contribution in [0.3, 0.4) is 0 Å². The van der Waals surface area contributed by atoms with Crippen LogP contribution in [0, 0.1) is 0 Å². The molecule has 0 radical (unpaired) electrons. The molecular weight excluding hydrogens is 306 g/mol. The number of hydrogen-bond acceptors (Lipinski definition) is 5. The van der Waals surface area contributed by atoms with Gasteiger partial charge in [0.15, 0.2) is 0 Å². The summed E-state index contributed by atoms with van der Waals surface area (Å²) in [6.07, 6.45) is 4.03. The van der Waals surface area contributed by atoms with Crippen molar-refractivity contribution in [2.24, 2.45) is 0 Å². The molecule has 5 heteroatoms. The van der Waals surface area contributed by atoms with Crippen molar-refractivity contribution in [2.75, 3.05) is 46.1 Å². The lowest BCUT2D eigenvalue weighted by Gasteiger charge is -2.26. The molecule has 0 aromatic heterocycles. The summed E-state index contributed by atoms with van der Waals surface area (Å²) >= 11 is 0. The SMILES string of the molecule is CCCCCOC(=O)c1ccccc1OCCCN1CCOCC1. The fourth-order valence-corrected chi connectivity index (χ4v) is 2.65. The number of carbonyl (C=O) groups excluding carboxylic acids is 1. The largest absolute Gasteiger partial charge is 0.493 e. The molecule has 1 aromatic rings. The van der Waals surface area contributed by atoms with Gasteiger partial charge in [-0.3, -0.25) is 4.90 Å². The first-order valence-corrected chi connectivity index (χ1v) is 9.00. The monoisotopic (exact) mass is 335 g/mol. The summed E-state index contributed by atoms with van der Waals surface area (Å²) in [4.78, 5) is 14.6. The third-order valence-electron chi connectivity index (χ3n) is 4.07. The maximum atomic E-state index is 12.2. The minimum Gasteiger partial charge on any atom is -0.493 e. The molecule has 0 bridgehead atoms. The van der Waals surface area contributed by atoms with E-state index < -0.39 is 0 Å². The maximum absolute atomic E-state index is 12.2. The van der Waals surface area contributed by atoms with Crippen LogP contribution in [0.4, 0.5) is 0 Å². The van der Waals surface area contributed by atoms with Gasteiger partial charge in [-0.2, -0.15) is 0 Å². The molecule has 1 heterocycles. The van der Waals surface area contributed by atoms with Gasteiger partial charge in [0.2, 0.25) is 0 Å². The number of benzene rings is 1. The first-order valence-electron chi connectivity index (χ1n) is 9.00. The Hall–Kier alpha value is -1.59. The van der Waals surface area contributed by atoms with Gasteiger partial charge >= 0.3 is 5.97 Å². The molecule has 134 valence electrons. The molecule has 2 rings (SSSR count). The second kappa shape index (κ2) is 11.0. The van der Waals surface area contributed by atoms with Crippen molar-refractivity contribution in [3.05, 3.63) is 29.8 Å². The average molecular weight is 335 g/mol. The standard InChI is InChI=1S/C19H29NO4/c1-2-3-6-13-24-19(21)17-8-4-5-9-18(17)23-14-7-10-20-11-15-22-16-12-20/h4-5,8-9H,2-3,6-7,10-16H2,1H3. The van der Waals surface area contributed by atoms with Gasteiger partial charge in [0.25, 0.3) is 0 Å². The second-order valence-electron chi connectivity index (χ2n) is 6.00. The molecule has 1 saturated heterocycles. The molecule has 0 unspecified atom stereocenters. The predicted octanol–water partition coefficient (Wildman–Crippen LogP) is 3.13. The Bertz CT molecular complexity index is 486. The van der Waals surface area contributed by atoms with Gasteiger partial charge < -0.3 is 14.2 Å². The predicted molar refractivity (Wildman–Crippen MR) is 93.6 cm³/mol. The summed E-state index contributed by atoms with van der Waals surface area (Å²) < 4.78 is 16.5. The minimum atomic E-state index is -0.296. The number of rotatable bonds is 10. The Labute approximate surface area is 144 Å². The third kappa shape index (κ3) is 6.49. The van der Waals surface area contributed by atoms with Crippen LogP contribution in [0.1, 0.15) is 43.0 Å². The second-order valence-corrected chi connectivity index (χ2v) is 6.00. The first kappa shape index (κ1) is 18.7. The van der Waals surface area contributed by atoms with Crippen LogP contribution in [0.5, 0.6) is 5.75 Å². The fraction of sp³-hybridized carbons (Fsp3) is 0.632. The molecule has 1 aliphatic heterocycles. The molecule has 0 atom stereocenters. The smallest absolute Gasteiger partial charge is 0.341 e. The molecule has 1 aromatic carbocycles. The number of morpholine rings is 1. The van der Waals surface area contributed by atoms with Crippen LogP contribution in [0.15, 0.2) is 24.3 Å². The average Bonchev–Trinajstić information content (AvgIpc) is 2.63. The normalized spacial score (nSPS) is 15.2. The maximum Gasteiger partial charge on any atom is 0.341 e. The summed E-state index contributed by atoms with van der Waals surface area (Å²) in [6, 6.07) is 7.31. The summed E-state index contributed by atoms with van der Waals surface area (Å²) in [5.74, 6) is 0.315. The first-order chi connectivity index (χ1) is 11.8. The van der Waals surface area contributed by atoms with Gasteiger partial charge in [-0.25, -0.2) is 4.79 Å². The molecule has 0 spiro atoms. The van der Waals surface area contributed by atoms with Crippen molar-refractivity contribution in [1.29, 1.82) is 0 Å². The van der Waals surface area contributed by atoms with Crippen molar-refractivity contribution in [3.8, 4) is 5.75 Å². The van der Waals surface area contributed by atoms with Crippen LogP contribution in [0.25, 0.3) is 0 Å². The highest BCUT2D eigenvalue weighted by Crippen LogP contribution is 2.19. The lowest BCUT2D eigenvalue weighted by molar-refractivity contribution is 0.0356. The molecule has 0 aliphatic carbocycles. The molecule has 1 aliphatic rings. The van der Waals surface area contributed by atoms with Crippen molar-refractivity contribution in [1.82, 2.24) is 4.90 Å². The highest BCUT2D eigenvalue weighted by Gasteiger charge is 2.14. The number of hydrogen-bond donors (Lipinski definition) is 0. The zero-order chi connectivity index (χ0) is 17.0. The topological polar surface area (TPSA) is 48.0 Å². The van der Waals surface area contributed by atoms with Gasteiger partial charge in [0.05, 0.1) is 26.4 Å². The number of carbonyl (C=O) groups is 1. The van der Waals surface area contributed by atoms with Crippen LogP contribution >= 0.6 is 0 Å². The summed E-state index contributed by atoms with van der Waals surface area (Å²) in [6.45, 7) is 7.78. The van der Waals surface area contributed by atoms with E-state index in [1.54, 1.807) is 6.07 Å². The van der Waals surface area contributed by atoms with E-state index >= 15 is 0 Å². The lowest BCUT2D eigenvalue weighted by Crippen LogP contribution is -2.37. The van der Waals surface area contributed by atoms with Crippen LogP contribution < -0.4 is 4.74 Å². The van der Waals surface area contributed by atoms with E-state index in [1.807, 2.05) is 18.2 Å². The molecule has 24 heavy (non-hydrogen) atoms. The Morgan fingerprint density at radius 2 is 1.92 bits per heavy atom. The summed E-state index contributed by atoms with van der Waals surface area (Å²) in [7, 11) is 0. The Morgan fingerprint density at radius 3 is 2.71 bits per heavy atom. The number of esters is 1. The molecule has 5 nitrogen and oxygen atoms in total. The molecule has 1 fully saturated rings. The number of ether oxygens (including phenoxy) is 3. The fourth-order valence-electron chi connectivity index (χ4n) is 2.65. The van der Waals surface area contributed by atoms with E-state index in [9.17, 15) is 4.79 Å².